The maximum Gasteiger partial charge on any atom is 0.350 e. The third-order valence-corrected chi connectivity index (χ3v) is 4.39. The molecule has 0 aliphatic carbocycles. The van der Waals surface area contributed by atoms with Gasteiger partial charge >= 0.3 is 5.97 Å². The Morgan fingerprint density at radius 1 is 1.29 bits per heavy atom. The van der Waals surface area contributed by atoms with Gasteiger partial charge in [0.2, 0.25) is 0 Å². The lowest BCUT2D eigenvalue weighted by Crippen LogP contribution is -2.15. The van der Waals surface area contributed by atoms with Crippen molar-refractivity contribution in [2.45, 2.75) is 6.92 Å². The molecule has 0 spiro atoms. The Morgan fingerprint density at radius 2 is 2.00 bits per heavy atom. The van der Waals surface area contributed by atoms with Gasteiger partial charge in [-0.25, -0.2) is 4.79 Å². The van der Waals surface area contributed by atoms with Crippen molar-refractivity contribution >= 4 is 52.1 Å². The number of benzene rings is 1. The third-order valence-electron chi connectivity index (χ3n) is 2.76. The Labute approximate surface area is 135 Å². The Morgan fingerprint density at radius 3 is 2.62 bits per heavy atom. The number of rotatable bonds is 3. The van der Waals surface area contributed by atoms with Crippen molar-refractivity contribution in [1.82, 2.24) is 0 Å². The fraction of sp³-hybridized carbons (Fsp3) is 0.143. The number of halogens is 2. The maximum absolute atomic E-state index is 12.3. The average Bonchev–Trinajstić information content (AvgIpc) is 2.79. The van der Waals surface area contributed by atoms with E-state index in [1.807, 2.05) is 0 Å². The van der Waals surface area contributed by atoms with Crippen LogP contribution in [0.4, 0.5) is 5.69 Å². The average molecular weight is 344 g/mol. The van der Waals surface area contributed by atoms with Crippen molar-refractivity contribution in [1.29, 1.82) is 0 Å². The second kappa shape index (κ2) is 6.47. The van der Waals surface area contributed by atoms with Gasteiger partial charge in [-0.2, -0.15) is 0 Å². The Balaban J connectivity index is 2.32. The van der Waals surface area contributed by atoms with E-state index in [1.54, 1.807) is 18.4 Å². The van der Waals surface area contributed by atoms with Crippen molar-refractivity contribution in [3.05, 3.63) is 49.6 Å². The normalized spacial score (nSPS) is 10.3. The quantitative estimate of drug-likeness (QED) is 0.840. The number of nitrogens with one attached hydrogen (secondary N) is 1. The first kappa shape index (κ1) is 15.8. The van der Waals surface area contributed by atoms with Crippen LogP contribution in [0.1, 0.15) is 25.6 Å². The van der Waals surface area contributed by atoms with Crippen molar-refractivity contribution in [3.63, 3.8) is 0 Å². The minimum Gasteiger partial charge on any atom is -0.465 e. The number of carbonyl (C=O) groups excluding carboxylic acids is 2. The predicted octanol–water partition coefficient (Wildman–Crippen LogP) is 4.40. The Kier molecular flexibility index (Phi) is 4.88. The Bertz CT molecular complexity index is 712. The smallest absolute Gasteiger partial charge is 0.350 e. The molecule has 110 valence electrons. The van der Waals surface area contributed by atoms with E-state index < -0.39 is 11.9 Å². The second-order valence-corrected chi connectivity index (χ2v) is 5.92. The molecule has 1 heterocycles. The van der Waals surface area contributed by atoms with Crippen LogP contribution >= 0.6 is 34.5 Å². The number of esters is 1. The van der Waals surface area contributed by atoms with E-state index in [4.69, 9.17) is 27.9 Å². The minimum absolute atomic E-state index is 0.243. The van der Waals surface area contributed by atoms with Crippen molar-refractivity contribution in [2.75, 3.05) is 12.4 Å². The van der Waals surface area contributed by atoms with Crippen LogP contribution in [0.3, 0.4) is 0 Å². The zero-order valence-corrected chi connectivity index (χ0v) is 13.5. The molecule has 0 aliphatic rings. The van der Waals surface area contributed by atoms with Gasteiger partial charge in [0, 0.05) is 5.02 Å². The SMILES string of the molecule is COC(=O)c1scc(C)c1NC(=O)c1ccc(Cl)cc1Cl. The first-order valence-electron chi connectivity index (χ1n) is 5.87. The summed E-state index contributed by atoms with van der Waals surface area (Å²) in [4.78, 5) is 24.3. The number of carbonyl (C=O) groups is 2. The largest absolute Gasteiger partial charge is 0.465 e. The first-order valence-corrected chi connectivity index (χ1v) is 7.50. The molecule has 0 radical (unpaired) electrons. The summed E-state index contributed by atoms with van der Waals surface area (Å²) in [5.74, 6) is -0.908. The van der Waals surface area contributed by atoms with Crippen molar-refractivity contribution in [2.24, 2.45) is 0 Å². The zero-order chi connectivity index (χ0) is 15.6. The third kappa shape index (κ3) is 3.37. The van der Waals surface area contributed by atoms with Crippen LogP contribution in [-0.4, -0.2) is 19.0 Å². The lowest BCUT2D eigenvalue weighted by Gasteiger charge is -2.08. The van der Waals surface area contributed by atoms with Gasteiger partial charge in [-0.05, 0) is 36.1 Å². The van der Waals surface area contributed by atoms with Crippen molar-refractivity contribution < 1.29 is 14.3 Å². The molecule has 1 aromatic heterocycles. The molecule has 0 saturated heterocycles. The first-order chi connectivity index (χ1) is 9.93. The highest BCUT2D eigenvalue weighted by Gasteiger charge is 2.20. The monoisotopic (exact) mass is 343 g/mol. The number of amides is 1. The maximum atomic E-state index is 12.3. The van der Waals surface area contributed by atoms with Crippen LogP contribution in [0.5, 0.6) is 0 Å². The highest BCUT2D eigenvalue weighted by atomic mass is 35.5. The second-order valence-electron chi connectivity index (χ2n) is 4.19. The molecular weight excluding hydrogens is 333 g/mol. The molecule has 2 rings (SSSR count). The molecule has 0 unspecified atom stereocenters. The topological polar surface area (TPSA) is 55.4 Å². The van der Waals surface area contributed by atoms with Crippen LogP contribution in [0.2, 0.25) is 10.0 Å². The molecule has 2 aromatic rings. The summed E-state index contributed by atoms with van der Waals surface area (Å²) in [6.07, 6.45) is 0. The van der Waals surface area contributed by atoms with E-state index in [2.05, 4.69) is 5.32 Å². The van der Waals surface area contributed by atoms with Gasteiger partial charge in [-0.15, -0.1) is 11.3 Å². The number of anilines is 1. The van der Waals surface area contributed by atoms with Crippen LogP contribution < -0.4 is 5.32 Å². The molecular formula is C14H11Cl2NO3S. The van der Waals surface area contributed by atoms with E-state index in [9.17, 15) is 9.59 Å². The Hall–Kier alpha value is -1.56. The standard InChI is InChI=1S/C14H11Cl2NO3S/c1-7-6-21-12(14(19)20-2)11(7)17-13(18)9-4-3-8(15)5-10(9)16/h3-6H,1-2H3,(H,17,18). The minimum atomic E-state index is -0.495. The highest BCUT2D eigenvalue weighted by molar-refractivity contribution is 7.12. The molecule has 21 heavy (non-hydrogen) atoms. The molecule has 0 fully saturated rings. The molecule has 0 saturated carbocycles. The molecule has 1 N–H and O–H groups in total. The molecule has 0 bridgehead atoms. The van der Waals surface area contributed by atoms with Crippen LogP contribution in [-0.2, 0) is 4.74 Å². The van der Waals surface area contributed by atoms with Crippen LogP contribution in [0.15, 0.2) is 23.6 Å². The molecule has 0 atom stereocenters. The number of hydrogen-bond acceptors (Lipinski definition) is 4. The van der Waals surface area contributed by atoms with E-state index in [-0.39, 0.29) is 10.6 Å². The van der Waals surface area contributed by atoms with Gasteiger partial charge in [-0.3, -0.25) is 4.79 Å². The van der Waals surface area contributed by atoms with Crippen LogP contribution in [0.25, 0.3) is 0 Å². The van der Waals surface area contributed by atoms with Gasteiger partial charge in [0.1, 0.15) is 4.88 Å². The van der Waals surface area contributed by atoms with Gasteiger partial charge < -0.3 is 10.1 Å². The van der Waals surface area contributed by atoms with Gasteiger partial charge in [-0.1, -0.05) is 23.2 Å². The number of methoxy groups -OCH3 is 1. The predicted molar refractivity (Wildman–Crippen MR) is 84.8 cm³/mol. The summed E-state index contributed by atoms with van der Waals surface area (Å²) >= 11 is 13.0. The van der Waals surface area contributed by atoms with E-state index in [0.29, 0.717) is 15.6 Å². The lowest BCUT2D eigenvalue weighted by atomic mass is 10.2. The molecule has 7 heteroatoms. The number of thiophene rings is 1. The van der Waals surface area contributed by atoms with Crippen molar-refractivity contribution in [3.8, 4) is 0 Å². The van der Waals surface area contributed by atoms with Gasteiger partial charge in [0.05, 0.1) is 23.4 Å². The van der Waals surface area contributed by atoms with Gasteiger partial charge in [0.25, 0.3) is 5.91 Å². The molecule has 1 amide bonds. The van der Waals surface area contributed by atoms with E-state index in [0.717, 1.165) is 5.56 Å². The summed E-state index contributed by atoms with van der Waals surface area (Å²) in [6, 6.07) is 4.59. The number of ether oxygens (including phenoxy) is 1. The fourth-order valence-electron chi connectivity index (χ4n) is 1.70. The van der Waals surface area contributed by atoms with Gasteiger partial charge in [0.15, 0.2) is 0 Å². The fourth-order valence-corrected chi connectivity index (χ4v) is 3.11. The van der Waals surface area contributed by atoms with Crippen LogP contribution in [0, 0.1) is 6.92 Å². The zero-order valence-electron chi connectivity index (χ0n) is 11.2. The number of hydrogen-bond donors (Lipinski definition) is 1. The summed E-state index contributed by atoms with van der Waals surface area (Å²) in [5, 5.41) is 5.15. The highest BCUT2D eigenvalue weighted by Crippen LogP contribution is 2.29. The molecule has 1 aromatic carbocycles. The molecule has 4 nitrogen and oxygen atoms in total. The number of aryl methyl sites for hydroxylation is 1. The summed E-state index contributed by atoms with van der Waals surface area (Å²) in [7, 11) is 1.29. The summed E-state index contributed by atoms with van der Waals surface area (Å²) in [6.45, 7) is 1.79. The molecule has 0 aliphatic heterocycles. The summed E-state index contributed by atoms with van der Waals surface area (Å²) in [5.41, 5.74) is 1.49. The van der Waals surface area contributed by atoms with E-state index >= 15 is 0 Å². The lowest BCUT2D eigenvalue weighted by molar-refractivity contribution is 0.0607. The van der Waals surface area contributed by atoms with E-state index in [1.165, 1.54) is 30.6 Å². The summed E-state index contributed by atoms with van der Waals surface area (Å²) < 4.78 is 4.69.